The summed E-state index contributed by atoms with van der Waals surface area (Å²) in [4.78, 5) is 0. The van der Waals surface area contributed by atoms with Crippen molar-refractivity contribution in [3.63, 3.8) is 0 Å². The number of aromatic nitrogens is 2. The maximum atomic E-state index is 13.4. The molecule has 96 valence electrons. The van der Waals surface area contributed by atoms with Gasteiger partial charge in [0, 0.05) is 5.56 Å². The molecule has 0 saturated carbocycles. The van der Waals surface area contributed by atoms with E-state index in [9.17, 15) is 4.39 Å². The molecule has 2 aromatic rings. The van der Waals surface area contributed by atoms with Gasteiger partial charge >= 0.3 is 0 Å². The minimum atomic E-state index is -0.438. The first-order valence-electron chi connectivity index (χ1n) is 5.61. The Kier molecular flexibility index (Phi) is 4.27. The summed E-state index contributed by atoms with van der Waals surface area (Å²) in [6.07, 6.45) is 0.931. The molecule has 0 aliphatic carbocycles. The quantitative estimate of drug-likeness (QED) is 0.931. The molecule has 0 spiro atoms. The van der Waals surface area contributed by atoms with Crippen LogP contribution in [0.2, 0.25) is 5.02 Å². The fraction of sp³-hybridized carbons (Fsp3) is 0.333. The van der Waals surface area contributed by atoms with Gasteiger partial charge in [-0.05, 0) is 25.6 Å². The molecule has 0 radical (unpaired) electrons. The number of nitrogens with zero attached hydrogens (tertiary/aromatic N) is 2. The number of hydrogen-bond acceptors (Lipinski definition) is 4. The van der Waals surface area contributed by atoms with Crippen LogP contribution < -0.4 is 5.32 Å². The average Bonchev–Trinajstić information content (AvgIpc) is 2.84. The molecule has 0 fully saturated rings. The monoisotopic (exact) mass is 285 g/mol. The van der Waals surface area contributed by atoms with E-state index in [4.69, 9.17) is 11.6 Å². The summed E-state index contributed by atoms with van der Waals surface area (Å²) in [5.74, 6) is -0.438. The van der Waals surface area contributed by atoms with Crippen molar-refractivity contribution < 1.29 is 4.39 Å². The van der Waals surface area contributed by atoms with E-state index < -0.39 is 5.82 Å². The fourth-order valence-corrected chi connectivity index (χ4v) is 2.77. The molecule has 0 saturated heterocycles. The minimum absolute atomic E-state index is 0.116. The summed E-state index contributed by atoms with van der Waals surface area (Å²) in [7, 11) is 1.89. The Morgan fingerprint density at radius 2 is 2.22 bits per heavy atom. The highest BCUT2D eigenvalue weighted by Gasteiger charge is 2.14. The van der Waals surface area contributed by atoms with Gasteiger partial charge in [0.15, 0.2) is 0 Å². The van der Waals surface area contributed by atoms with Gasteiger partial charge in [0.25, 0.3) is 0 Å². The molecule has 1 aromatic heterocycles. The topological polar surface area (TPSA) is 37.8 Å². The first-order valence-corrected chi connectivity index (χ1v) is 6.81. The second-order valence-electron chi connectivity index (χ2n) is 3.82. The van der Waals surface area contributed by atoms with E-state index in [0.717, 1.165) is 11.4 Å². The van der Waals surface area contributed by atoms with Crippen molar-refractivity contribution in [2.75, 3.05) is 7.05 Å². The summed E-state index contributed by atoms with van der Waals surface area (Å²) < 4.78 is 13.4. The molecule has 0 aliphatic heterocycles. The van der Waals surface area contributed by atoms with Crippen molar-refractivity contribution in [3.8, 4) is 10.6 Å². The van der Waals surface area contributed by atoms with E-state index >= 15 is 0 Å². The van der Waals surface area contributed by atoms with Gasteiger partial charge in [0.1, 0.15) is 15.8 Å². The number of hydrogen-bond donors (Lipinski definition) is 1. The Morgan fingerprint density at radius 1 is 1.44 bits per heavy atom. The number of nitrogens with one attached hydrogen (secondary N) is 1. The van der Waals surface area contributed by atoms with E-state index in [1.807, 2.05) is 7.05 Å². The first kappa shape index (κ1) is 13.4. The predicted octanol–water partition coefficient (Wildman–Crippen LogP) is 3.67. The molecule has 3 nitrogen and oxygen atoms in total. The number of benzene rings is 1. The van der Waals surface area contributed by atoms with E-state index in [-0.39, 0.29) is 11.1 Å². The summed E-state index contributed by atoms with van der Waals surface area (Å²) >= 11 is 7.11. The lowest BCUT2D eigenvalue weighted by Gasteiger charge is -2.08. The zero-order valence-corrected chi connectivity index (χ0v) is 11.6. The molecule has 1 heterocycles. The normalized spacial score (nSPS) is 12.7. The Morgan fingerprint density at radius 3 is 2.83 bits per heavy atom. The molecule has 1 aromatic carbocycles. The third-order valence-electron chi connectivity index (χ3n) is 2.66. The molecule has 0 aliphatic rings. The lowest BCUT2D eigenvalue weighted by Crippen LogP contribution is -2.14. The van der Waals surface area contributed by atoms with Gasteiger partial charge in [-0.1, -0.05) is 35.9 Å². The first-order chi connectivity index (χ1) is 8.65. The number of rotatable bonds is 4. The van der Waals surface area contributed by atoms with E-state index in [1.165, 1.54) is 23.5 Å². The third kappa shape index (κ3) is 2.68. The molecular weight excluding hydrogens is 273 g/mol. The summed E-state index contributed by atoms with van der Waals surface area (Å²) in [6, 6.07) is 4.85. The van der Waals surface area contributed by atoms with Crippen molar-refractivity contribution in [3.05, 3.63) is 34.0 Å². The zero-order chi connectivity index (χ0) is 13.1. The largest absolute Gasteiger partial charge is 0.311 e. The van der Waals surface area contributed by atoms with Crippen LogP contribution in [0.4, 0.5) is 4.39 Å². The van der Waals surface area contributed by atoms with Crippen LogP contribution in [0.25, 0.3) is 10.6 Å². The maximum absolute atomic E-state index is 13.4. The second kappa shape index (κ2) is 5.73. The highest BCUT2D eigenvalue weighted by Crippen LogP contribution is 2.29. The summed E-state index contributed by atoms with van der Waals surface area (Å²) in [6.45, 7) is 2.07. The van der Waals surface area contributed by atoms with Gasteiger partial charge in [-0.3, -0.25) is 0 Å². The minimum Gasteiger partial charge on any atom is -0.311 e. The molecule has 0 bridgehead atoms. The third-order valence-corrected chi connectivity index (χ3v) is 4.05. The van der Waals surface area contributed by atoms with E-state index in [0.29, 0.717) is 10.6 Å². The fourth-order valence-electron chi connectivity index (χ4n) is 1.62. The Balaban J connectivity index is 2.31. The van der Waals surface area contributed by atoms with Gasteiger partial charge in [0.05, 0.1) is 11.1 Å². The van der Waals surface area contributed by atoms with Crippen molar-refractivity contribution in [1.29, 1.82) is 0 Å². The van der Waals surface area contributed by atoms with Crippen LogP contribution in [-0.2, 0) is 0 Å². The Labute approximate surface area is 114 Å². The van der Waals surface area contributed by atoms with Crippen molar-refractivity contribution in [1.82, 2.24) is 15.5 Å². The Hall–Kier alpha value is -1.04. The van der Waals surface area contributed by atoms with Crippen LogP contribution in [0.15, 0.2) is 18.2 Å². The molecule has 0 amide bonds. The molecule has 1 unspecified atom stereocenters. The highest BCUT2D eigenvalue weighted by molar-refractivity contribution is 7.14. The Bertz CT molecular complexity index is 540. The van der Waals surface area contributed by atoms with E-state index in [1.54, 1.807) is 6.07 Å². The SMILES string of the molecule is CCC(NC)c1nnc(-c2ccc(Cl)c(F)c2)s1. The lowest BCUT2D eigenvalue weighted by atomic mass is 10.2. The van der Waals surface area contributed by atoms with Crippen molar-refractivity contribution in [2.45, 2.75) is 19.4 Å². The van der Waals surface area contributed by atoms with E-state index in [2.05, 4.69) is 22.4 Å². The van der Waals surface area contributed by atoms with Crippen LogP contribution >= 0.6 is 22.9 Å². The average molecular weight is 286 g/mol. The highest BCUT2D eigenvalue weighted by atomic mass is 35.5. The predicted molar refractivity (Wildman–Crippen MR) is 72.4 cm³/mol. The molecule has 1 atom stereocenters. The van der Waals surface area contributed by atoms with Gasteiger partial charge in [0.2, 0.25) is 0 Å². The number of halogens is 2. The molecule has 6 heteroatoms. The molecular formula is C12H13ClFN3S. The van der Waals surface area contributed by atoms with Crippen molar-refractivity contribution in [2.24, 2.45) is 0 Å². The van der Waals surface area contributed by atoms with Gasteiger partial charge < -0.3 is 5.32 Å². The smallest absolute Gasteiger partial charge is 0.147 e. The standard InChI is InChI=1S/C12H13ClFN3S/c1-3-10(15-2)12-17-16-11(18-12)7-4-5-8(13)9(14)6-7/h4-6,10,15H,3H2,1-2H3. The van der Waals surface area contributed by atoms with Crippen LogP contribution in [0, 0.1) is 5.82 Å². The lowest BCUT2D eigenvalue weighted by molar-refractivity contribution is 0.568. The second-order valence-corrected chi connectivity index (χ2v) is 5.24. The van der Waals surface area contributed by atoms with Crippen LogP contribution in [-0.4, -0.2) is 17.2 Å². The summed E-state index contributed by atoms with van der Waals surface area (Å²) in [5.41, 5.74) is 0.701. The van der Waals surface area contributed by atoms with Crippen molar-refractivity contribution >= 4 is 22.9 Å². The van der Waals surface area contributed by atoms with Crippen LogP contribution in [0.5, 0.6) is 0 Å². The zero-order valence-electron chi connectivity index (χ0n) is 10.1. The van der Waals surface area contributed by atoms with Gasteiger partial charge in [-0.25, -0.2) is 4.39 Å². The van der Waals surface area contributed by atoms with Crippen LogP contribution in [0.1, 0.15) is 24.4 Å². The summed E-state index contributed by atoms with van der Waals surface area (Å²) in [5, 5.41) is 13.1. The maximum Gasteiger partial charge on any atom is 0.147 e. The molecule has 18 heavy (non-hydrogen) atoms. The van der Waals surface area contributed by atoms with Crippen LogP contribution in [0.3, 0.4) is 0 Å². The molecule has 2 rings (SSSR count). The van der Waals surface area contributed by atoms with Gasteiger partial charge in [-0.15, -0.1) is 10.2 Å². The molecule has 1 N–H and O–H groups in total. The van der Waals surface area contributed by atoms with Gasteiger partial charge in [-0.2, -0.15) is 0 Å².